The van der Waals surface area contributed by atoms with Crippen LogP contribution in [0.5, 0.6) is 11.5 Å². The van der Waals surface area contributed by atoms with E-state index in [1.807, 2.05) is 26.0 Å². The average Bonchev–Trinajstić information content (AvgIpc) is 2.88. The third kappa shape index (κ3) is 5.50. The third-order valence-electron chi connectivity index (χ3n) is 3.34. The van der Waals surface area contributed by atoms with Crippen molar-refractivity contribution in [2.24, 2.45) is 0 Å². The Morgan fingerprint density at radius 3 is 2.79 bits per heavy atom. The Morgan fingerprint density at radius 1 is 1.38 bits per heavy atom. The predicted octanol–water partition coefficient (Wildman–Crippen LogP) is 1.87. The topological polar surface area (TPSA) is 80.7 Å². The molecule has 0 saturated heterocycles. The zero-order valence-electron chi connectivity index (χ0n) is 14.0. The van der Waals surface area contributed by atoms with Gasteiger partial charge in [-0.1, -0.05) is 6.07 Å². The number of carbonyl (C=O) groups is 1. The number of benzene rings is 1. The molecular formula is C17H22N2O4S. The molecule has 0 radical (unpaired) electrons. The number of hydrogen-bond donors (Lipinski definition) is 2. The predicted molar refractivity (Wildman–Crippen MR) is 92.8 cm³/mol. The Balaban J connectivity index is 1.73. The molecule has 24 heavy (non-hydrogen) atoms. The standard InChI is InChI=1S/C17H22N2O4S/c1-11-16(24-12(2)19-11)8-17(21)18-9-13(20)10-23-15-6-4-5-14(7-15)22-3/h4-7,13,20H,8-10H2,1-3H3,(H,18,21)/t13-/m0/s1. The summed E-state index contributed by atoms with van der Waals surface area (Å²) < 4.78 is 10.6. The normalized spacial score (nSPS) is 11.8. The van der Waals surface area contributed by atoms with E-state index in [-0.39, 0.29) is 25.5 Å². The highest BCUT2D eigenvalue weighted by atomic mass is 32.1. The second-order valence-electron chi connectivity index (χ2n) is 5.37. The lowest BCUT2D eigenvalue weighted by Gasteiger charge is -2.13. The van der Waals surface area contributed by atoms with Crippen molar-refractivity contribution in [1.82, 2.24) is 10.3 Å². The first-order valence-corrected chi connectivity index (χ1v) is 8.44. The van der Waals surface area contributed by atoms with Crippen molar-refractivity contribution < 1.29 is 19.4 Å². The van der Waals surface area contributed by atoms with Crippen LogP contribution in [-0.4, -0.2) is 42.4 Å². The highest BCUT2D eigenvalue weighted by Crippen LogP contribution is 2.19. The summed E-state index contributed by atoms with van der Waals surface area (Å²) in [6.45, 7) is 4.04. The van der Waals surface area contributed by atoms with Gasteiger partial charge in [-0.3, -0.25) is 4.79 Å². The molecular weight excluding hydrogens is 328 g/mol. The van der Waals surface area contributed by atoms with Gasteiger partial charge in [0.2, 0.25) is 5.91 Å². The maximum Gasteiger partial charge on any atom is 0.225 e. The molecule has 2 aromatic rings. The zero-order valence-corrected chi connectivity index (χ0v) is 14.9. The largest absolute Gasteiger partial charge is 0.497 e. The van der Waals surface area contributed by atoms with Crippen molar-refractivity contribution in [2.75, 3.05) is 20.3 Å². The van der Waals surface area contributed by atoms with Crippen LogP contribution in [0.25, 0.3) is 0 Å². The number of thiazole rings is 1. The number of rotatable bonds is 8. The quantitative estimate of drug-likeness (QED) is 0.760. The second kappa shape index (κ2) is 8.65. The van der Waals surface area contributed by atoms with Gasteiger partial charge < -0.3 is 19.9 Å². The van der Waals surface area contributed by atoms with Crippen LogP contribution in [0.1, 0.15) is 15.6 Å². The van der Waals surface area contributed by atoms with Crippen molar-refractivity contribution >= 4 is 17.2 Å². The van der Waals surface area contributed by atoms with Gasteiger partial charge in [0.15, 0.2) is 0 Å². The number of aryl methyl sites for hydroxylation is 2. The number of carbonyl (C=O) groups excluding carboxylic acids is 1. The Bertz CT molecular complexity index is 687. The van der Waals surface area contributed by atoms with Gasteiger partial charge >= 0.3 is 0 Å². The molecule has 0 unspecified atom stereocenters. The summed E-state index contributed by atoms with van der Waals surface area (Å²) in [7, 11) is 1.58. The van der Waals surface area contributed by atoms with Crippen molar-refractivity contribution in [1.29, 1.82) is 0 Å². The van der Waals surface area contributed by atoms with E-state index in [0.29, 0.717) is 11.5 Å². The summed E-state index contributed by atoms with van der Waals surface area (Å²) in [6.07, 6.45) is -0.509. The Hall–Kier alpha value is -2.12. The molecule has 1 amide bonds. The van der Waals surface area contributed by atoms with Gasteiger partial charge in [0.1, 0.15) is 24.2 Å². The lowest BCUT2D eigenvalue weighted by atomic mass is 10.3. The number of ether oxygens (including phenoxy) is 2. The molecule has 1 heterocycles. The number of methoxy groups -OCH3 is 1. The minimum absolute atomic E-state index is 0.0894. The smallest absolute Gasteiger partial charge is 0.225 e. The SMILES string of the molecule is COc1cccc(OC[C@@H](O)CNC(=O)Cc2sc(C)nc2C)c1. The third-order valence-corrected chi connectivity index (χ3v) is 4.41. The van der Waals surface area contributed by atoms with E-state index in [2.05, 4.69) is 10.3 Å². The summed E-state index contributed by atoms with van der Waals surface area (Å²) in [5.74, 6) is 1.16. The van der Waals surface area contributed by atoms with E-state index in [9.17, 15) is 9.90 Å². The lowest BCUT2D eigenvalue weighted by molar-refractivity contribution is -0.120. The summed E-state index contributed by atoms with van der Waals surface area (Å²) in [6, 6.07) is 7.14. The first kappa shape index (κ1) is 18.2. The van der Waals surface area contributed by atoms with Crippen LogP contribution in [0, 0.1) is 13.8 Å². The molecule has 1 aromatic carbocycles. The average molecular weight is 350 g/mol. The van der Waals surface area contributed by atoms with Gasteiger partial charge in [-0.05, 0) is 26.0 Å². The lowest BCUT2D eigenvalue weighted by Crippen LogP contribution is -2.36. The summed E-state index contributed by atoms with van der Waals surface area (Å²) in [5.41, 5.74) is 0.884. The Labute approximate surface area is 145 Å². The number of amides is 1. The van der Waals surface area contributed by atoms with E-state index in [0.717, 1.165) is 15.6 Å². The minimum Gasteiger partial charge on any atom is -0.497 e. The van der Waals surface area contributed by atoms with Crippen molar-refractivity contribution in [3.05, 3.63) is 39.8 Å². The molecule has 0 spiro atoms. The van der Waals surface area contributed by atoms with Crippen LogP contribution < -0.4 is 14.8 Å². The van der Waals surface area contributed by atoms with E-state index >= 15 is 0 Å². The Kier molecular flexibility index (Phi) is 6.57. The number of hydrogen-bond acceptors (Lipinski definition) is 6. The monoisotopic (exact) mass is 350 g/mol. The molecule has 130 valence electrons. The molecule has 0 aliphatic heterocycles. The van der Waals surface area contributed by atoms with Crippen molar-refractivity contribution in [2.45, 2.75) is 26.4 Å². The van der Waals surface area contributed by atoms with Crippen LogP contribution in [-0.2, 0) is 11.2 Å². The Morgan fingerprint density at radius 2 is 2.12 bits per heavy atom. The van der Waals surface area contributed by atoms with E-state index in [4.69, 9.17) is 9.47 Å². The number of nitrogens with one attached hydrogen (secondary N) is 1. The van der Waals surface area contributed by atoms with Gasteiger partial charge in [0, 0.05) is 17.5 Å². The molecule has 6 nitrogen and oxygen atoms in total. The first-order valence-electron chi connectivity index (χ1n) is 7.62. The molecule has 7 heteroatoms. The number of aliphatic hydroxyl groups excluding tert-OH is 1. The first-order chi connectivity index (χ1) is 11.5. The fourth-order valence-electron chi connectivity index (χ4n) is 2.12. The van der Waals surface area contributed by atoms with E-state index in [1.165, 1.54) is 11.3 Å². The molecule has 0 saturated carbocycles. The van der Waals surface area contributed by atoms with Crippen molar-refractivity contribution in [3.8, 4) is 11.5 Å². The summed E-state index contributed by atoms with van der Waals surface area (Å²) in [4.78, 5) is 17.2. The van der Waals surface area contributed by atoms with Crippen LogP contribution in [0.15, 0.2) is 24.3 Å². The molecule has 0 bridgehead atoms. The maximum absolute atomic E-state index is 11.9. The molecule has 2 rings (SSSR count). The highest BCUT2D eigenvalue weighted by molar-refractivity contribution is 7.11. The van der Waals surface area contributed by atoms with Crippen molar-refractivity contribution in [3.63, 3.8) is 0 Å². The van der Waals surface area contributed by atoms with E-state index < -0.39 is 6.10 Å². The van der Waals surface area contributed by atoms with Crippen LogP contribution >= 0.6 is 11.3 Å². The van der Waals surface area contributed by atoms with Crippen LogP contribution in [0.4, 0.5) is 0 Å². The number of aliphatic hydroxyl groups is 1. The molecule has 0 aliphatic rings. The fraction of sp³-hybridized carbons (Fsp3) is 0.412. The molecule has 1 aromatic heterocycles. The van der Waals surface area contributed by atoms with Crippen LogP contribution in [0.2, 0.25) is 0 Å². The highest BCUT2D eigenvalue weighted by Gasteiger charge is 2.12. The van der Waals surface area contributed by atoms with Crippen LogP contribution in [0.3, 0.4) is 0 Å². The zero-order chi connectivity index (χ0) is 17.5. The maximum atomic E-state index is 11.9. The second-order valence-corrected chi connectivity index (χ2v) is 6.65. The van der Waals surface area contributed by atoms with Gasteiger partial charge in [-0.15, -0.1) is 11.3 Å². The minimum atomic E-state index is -0.788. The van der Waals surface area contributed by atoms with Gasteiger partial charge in [-0.2, -0.15) is 0 Å². The number of nitrogens with zero attached hydrogens (tertiary/aromatic N) is 1. The summed E-state index contributed by atoms with van der Waals surface area (Å²) in [5, 5.41) is 13.6. The van der Waals surface area contributed by atoms with Gasteiger partial charge in [0.05, 0.1) is 24.2 Å². The van der Waals surface area contributed by atoms with Gasteiger partial charge in [-0.25, -0.2) is 4.98 Å². The molecule has 0 aliphatic carbocycles. The summed E-state index contributed by atoms with van der Waals surface area (Å²) >= 11 is 1.52. The molecule has 0 fully saturated rings. The fourth-order valence-corrected chi connectivity index (χ4v) is 3.06. The van der Waals surface area contributed by atoms with Gasteiger partial charge in [0.25, 0.3) is 0 Å². The molecule has 1 atom stereocenters. The molecule has 2 N–H and O–H groups in total. The van der Waals surface area contributed by atoms with E-state index in [1.54, 1.807) is 19.2 Å². The number of aromatic nitrogens is 1.